The van der Waals surface area contributed by atoms with E-state index in [1.165, 1.54) is 29.2 Å². The summed E-state index contributed by atoms with van der Waals surface area (Å²) in [7, 11) is 0. The fraction of sp³-hybridized carbons (Fsp3) is 0.130. The van der Waals surface area contributed by atoms with E-state index >= 15 is 0 Å². The van der Waals surface area contributed by atoms with Crippen molar-refractivity contribution in [1.29, 1.82) is 0 Å². The molecule has 0 aliphatic heterocycles. The summed E-state index contributed by atoms with van der Waals surface area (Å²) in [5.74, 6) is -0.784. The SMILES string of the molecule is O=C(NCCN(C(=O)Nc1ccc(Cl)cc1)c1ccc(F)cc1)C(Cl)c1ccccc1. The number of alkyl halides is 1. The van der Waals surface area contributed by atoms with Crippen LogP contribution in [0.15, 0.2) is 78.9 Å². The minimum absolute atomic E-state index is 0.148. The third-order valence-corrected chi connectivity index (χ3v) is 5.14. The Hall–Kier alpha value is -3.09. The van der Waals surface area contributed by atoms with Gasteiger partial charge in [-0.1, -0.05) is 41.9 Å². The molecule has 160 valence electrons. The first kappa shape index (κ1) is 22.6. The summed E-state index contributed by atoms with van der Waals surface area (Å²) in [4.78, 5) is 26.6. The van der Waals surface area contributed by atoms with Crippen LogP contribution in [0.25, 0.3) is 0 Å². The highest BCUT2D eigenvalue weighted by atomic mass is 35.5. The summed E-state index contributed by atoms with van der Waals surface area (Å²) >= 11 is 12.1. The lowest BCUT2D eigenvalue weighted by Gasteiger charge is -2.24. The van der Waals surface area contributed by atoms with Crippen molar-refractivity contribution in [2.24, 2.45) is 0 Å². The highest BCUT2D eigenvalue weighted by Crippen LogP contribution is 2.21. The Balaban J connectivity index is 1.66. The Bertz CT molecular complexity index is 1020. The maximum absolute atomic E-state index is 13.3. The number of amides is 3. The van der Waals surface area contributed by atoms with Gasteiger partial charge < -0.3 is 10.6 Å². The van der Waals surface area contributed by atoms with Gasteiger partial charge in [-0.25, -0.2) is 9.18 Å². The predicted molar refractivity (Wildman–Crippen MR) is 122 cm³/mol. The topological polar surface area (TPSA) is 61.4 Å². The molecule has 1 atom stereocenters. The molecule has 0 spiro atoms. The zero-order valence-corrected chi connectivity index (χ0v) is 17.9. The van der Waals surface area contributed by atoms with Crippen molar-refractivity contribution in [1.82, 2.24) is 5.32 Å². The van der Waals surface area contributed by atoms with Crippen LogP contribution in [0.5, 0.6) is 0 Å². The molecule has 8 heteroatoms. The van der Waals surface area contributed by atoms with E-state index < -0.39 is 17.2 Å². The Morgan fingerprint density at radius 1 is 0.935 bits per heavy atom. The first-order valence-electron chi connectivity index (χ1n) is 9.50. The highest BCUT2D eigenvalue weighted by Gasteiger charge is 2.19. The Morgan fingerprint density at radius 3 is 2.23 bits per heavy atom. The minimum atomic E-state index is -0.844. The summed E-state index contributed by atoms with van der Waals surface area (Å²) in [6.45, 7) is 0.301. The third kappa shape index (κ3) is 6.44. The summed E-state index contributed by atoms with van der Waals surface area (Å²) in [6, 6.07) is 20.7. The predicted octanol–water partition coefficient (Wildman–Crippen LogP) is 5.61. The van der Waals surface area contributed by atoms with E-state index in [0.29, 0.717) is 22.0 Å². The number of nitrogens with one attached hydrogen (secondary N) is 2. The Kier molecular flexibility index (Phi) is 7.87. The number of hydrogen-bond acceptors (Lipinski definition) is 2. The zero-order chi connectivity index (χ0) is 22.2. The second-order valence-electron chi connectivity index (χ2n) is 6.63. The molecule has 0 bridgehead atoms. The van der Waals surface area contributed by atoms with Gasteiger partial charge >= 0.3 is 6.03 Å². The van der Waals surface area contributed by atoms with E-state index in [1.54, 1.807) is 48.5 Å². The van der Waals surface area contributed by atoms with E-state index in [4.69, 9.17) is 23.2 Å². The number of carbonyl (C=O) groups is 2. The smallest absolute Gasteiger partial charge is 0.326 e. The van der Waals surface area contributed by atoms with Crippen LogP contribution >= 0.6 is 23.2 Å². The molecule has 5 nitrogen and oxygen atoms in total. The van der Waals surface area contributed by atoms with Crippen LogP contribution in [0.4, 0.5) is 20.6 Å². The van der Waals surface area contributed by atoms with E-state index in [1.807, 2.05) is 6.07 Å². The van der Waals surface area contributed by atoms with Crippen LogP contribution in [-0.2, 0) is 4.79 Å². The summed E-state index contributed by atoms with van der Waals surface area (Å²) in [5.41, 5.74) is 1.71. The maximum Gasteiger partial charge on any atom is 0.326 e. The number of rotatable bonds is 7. The van der Waals surface area contributed by atoms with Crippen molar-refractivity contribution in [3.05, 3.63) is 95.3 Å². The molecule has 2 N–H and O–H groups in total. The molecule has 0 aromatic heterocycles. The fourth-order valence-corrected chi connectivity index (χ4v) is 3.20. The van der Waals surface area contributed by atoms with E-state index in [2.05, 4.69) is 10.6 Å². The average Bonchev–Trinajstić information content (AvgIpc) is 2.79. The van der Waals surface area contributed by atoms with Crippen molar-refractivity contribution in [2.45, 2.75) is 5.38 Å². The molecule has 0 fully saturated rings. The Morgan fingerprint density at radius 2 is 1.58 bits per heavy atom. The molecular weight excluding hydrogens is 440 g/mol. The molecule has 0 saturated heterocycles. The molecule has 0 heterocycles. The number of halogens is 3. The lowest BCUT2D eigenvalue weighted by Crippen LogP contribution is -2.41. The van der Waals surface area contributed by atoms with E-state index in [-0.39, 0.29) is 19.0 Å². The maximum atomic E-state index is 13.3. The lowest BCUT2D eigenvalue weighted by molar-refractivity contribution is -0.120. The largest absolute Gasteiger partial charge is 0.353 e. The molecule has 1 unspecified atom stereocenters. The molecule has 3 aromatic carbocycles. The van der Waals surface area contributed by atoms with Crippen molar-refractivity contribution in [3.8, 4) is 0 Å². The van der Waals surface area contributed by atoms with Crippen molar-refractivity contribution in [3.63, 3.8) is 0 Å². The fourth-order valence-electron chi connectivity index (χ4n) is 2.85. The number of carbonyl (C=O) groups excluding carboxylic acids is 2. The number of nitrogens with zero attached hydrogens (tertiary/aromatic N) is 1. The summed E-state index contributed by atoms with van der Waals surface area (Å²) in [6.07, 6.45) is 0. The van der Waals surface area contributed by atoms with Crippen LogP contribution in [0.1, 0.15) is 10.9 Å². The number of hydrogen-bond donors (Lipinski definition) is 2. The van der Waals surface area contributed by atoms with Crippen LogP contribution in [-0.4, -0.2) is 25.0 Å². The van der Waals surface area contributed by atoms with Gasteiger partial charge in [0.1, 0.15) is 11.2 Å². The standard InChI is InChI=1S/C23H20Cl2FN3O2/c24-17-6-10-19(11-7-17)28-23(31)29(20-12-8-18(26)9-13-20)15-14-27-22(30)21(25)16-4-2-1-3-5-16/h1-13,21H,14-15H2,(H,27,30)(H,28,31). The number of benzene rings is 3. The highest BCUT2D eigenvalue weighted by molar-refractivity contribution is 6.31. The molecule has 3 aromatic rings. The second-order valence-corrected chi connectivity index (χ2v) is 7.50. The van der Waals surface area contributed by atoms with Crippen LogP contribution in [0.3, 0.4) is 0 Å². The monoisotopic (exact) mass is 459 g/mol. The van der Waals surface area contributed by atoms with Gasteiger partial charge in [0.05, 0.1) is 0 Å². The van der Waals surface area contributed by atoms with E-state index in [9.17, 15) is 14.0 Å². The van der Waals surface area contributed by atoms with Crippen molar-refractivity contribution in [2.75, 3.05) is 23.3 Å². The summed E-state index contributed by atoms with van der Waals surface area (Å²) in [5, 5.41) is 5.20. The van der Waals surface area contributed by atoms with Crippen molar-refractivity contribution < 1.29 is 14.0 Å². The van der Waals surface area contributed by atoms with Crippen LogP contribution < -0.4 is 15.5 Å². The average molecular weight is 460 g/mol. The third-order valence-electron chi connectivity index (χ3n) is 4.44. The molecular formula is C23H20Cl2FN3O2. The molecule has 31 heavy (non-hydrogen) atoms. The first-order chi connectivity index (χ1) is 14.9. The molecule has 0 aliphatic carbocycles. The van der Waals surface area contributed by atoms with Gasteiger partial charge in [0.15, 0.2) is 0 Å². The van der Waals surface area contributed by atoms with E-state index in [0.717, 1.165) is 0 Å². The van der Waals surface area contributed by atoms with Gasteiger partial charge in [-0.05, 0) is 54.1 Å². The first-order valence-corrected chi connectivity index (χ1v) is 10.3. The van der Waals surface area contributed by atoms with Gasteiger partial charge in [-0.15, -0.1) is 11.6 Å². The quantitative estimate of drug-likeness (QED) is 0.450. The van der Waals surface area contributed by atoms with Crippen LogP contribution in [0, 0.1) is 5.82 Å². The van der Waals surface area contributed by atoms with Gasteiger partial charge in [0, 0.05) is 29.5 Å². The molecule has 0 radical (unpaired) electrons. The molecule has 0 aliphatic rings. The normalized spacial score (nSPS) is 11.5. The van der Waals surface area contributed by atoms with Gasteiger partial charge in [-0.2, -0.15) is 0 Å². The minimum Gasteiger partial charge on any atom is -0.353 e. The van der Waals surface area contributed by atoms with Crippen LogP contribution in [0.2, 0.25) is 5.02 Å². The number of anilines is 2. The zero-order valence-electron chi connectivity index (χ0n) is 16.4. The second kappa shape index (κ2) is 10.8. The molecule has 3 rings (SSSR count). The Labute approximate surface area is 189 Å². The lowest BCUT2D eigenvalue weighted by atomic mass is 10.1. The van der Waals surface area contributed by atoms with Crippen molar-refractivity contribution >= 4 is 46.5 Å². The molecule has 0 saturated carbocycles. The van der Waals surface area contributed by atoms with Gasteiger partial charge in [0.2, 0.25) is 5.91 Å². The molecule has 3 amide bonds. The summed E-state index contributed by atoms with van der Waals surface area (Å²) < 4.78 is 13.3. The van der Waals surface area contributed by atoms with Gasteiger partial charge in [0.25, 0.3) is 0 Å². The van der Waals surface area contributed by atoms with Gasteiger partial charge in [-0.3, -0.25) is 9.69 Å². The number of urea groups is 1.